The van der Waals surface area contributed by atoms with Crippen LogP contribution in [0.3, 0.4) is 0 Å². The van der Waals surface area contributed by atoms with Crippen molar-refractivity contribution in [3.8, 4) is 11.3 Å². The number of furan rings is 1. The van der Waals surface area contributed by atoms with Crippen LogP contribution in [0.5, 0.6) is 0 Å². The fourth-order valence-corrected chi connectivity index (χ4v) is 2.27. The van der Waals surface area contributed by atoms with Crippen LogP contribution in [0.1, 0.15) is 18.4 Å². The van der Waals surface area contributed by atoms with Crippen molar-refractivity contribution < 1.29 is 9.21 Å². The number of hydrogen-bond acceptors (Lipinski definition) is 5. The van der Waals surface area contributed by atoms with E-state index < -0.39 is 6.04 Å². The molecule has 3 N–H and O–H groups in total. The molecular formula is C12H16ClN3O2S. The Morgan fingerprint density at radius 2 is 2.21 bits per heavy atom. The van der Waals surface area contributed by atoms with Crippen LogP contribution in [-0.4, -0.2) is 16.9 Å². The summed E-state index contributed by atoms with van der Waals surface area (Å²) >= 11 is 1.37. The van der Waals surface area contributed by atoms with Gasteiger partial charge in [0.2, 0.25) is 5.91 Å². The van der Waals surface area contributed by atoms with E-state index in [4.69, 9.17) is 10.2 Å². The van der Waals surface area contributed by atoms with Crippen molar-refractivity contribution in [1.29, 1.82) is 0 Å². The van der Waals surface area contributed by atoms with Gasteiger partial charge < -0.3 is 15.5 Å². The van der Waals surface area contributed by atoms with Gasteiger partial charge in [-0.2, -0.15) is 0 Å². The van der Waals surface area contributed by atoms with Crippen molar-refractivity contribution in [1.82, 2.24) is 4.98 Å². The minimum Gasteiger partial charge on any atom is -0.466 e. The first-order valence-electron chi connectivity index (χ1n) is 5.56. The van der Waals surface area contributed by atoms with Crippen LogP contribution in [-0.2, 0) is 4.79 Å². The number of amides is 1. The summed E-state index contributed by atoms with van der Waals surface area (Å²) in [6, 6.07) is 1.39. The van der Waals surface area contributed by atoms with Gasteiger partial charge in [-0.25, -0.2) is 4.98 Å². The van der Waals surface area contributed by atoms with E-state index in [1.54, 1.807) is 6.92 Å². The SMILES string of the molecule is Cc1cc(-c2csc(NC(=O)[C@H](C)N)n2)c(C)o1.Cl. The Morgan fingerprint density at radius 1 is 1.53 bits per heavy atom. The summed E-state index contributed by atoms with van der Waals surface area (Å²) in [6.45, 7) is 5.41. The monoisotopic (exact) mass is 301 g/mol. The highest BCUT2D eigenvalue weighted by molar-refractivity contribution is 7.14. The van der Waals surface area contributed by atoms with Gasteiger partial charge in [0.25, 0.3) is 0 Å². The topological polar surface area (TPSA) is 81.2 Å². The quantitative estimate of drug-likeness (QED) is 0.913. The van der Waals surface area contributed by atoms with Gasteiger partial charge in [0, 0.05) is 10.9 Å². The number of hydrogen-bond donors (Lipinski definition) is 2. The van der Waals surface area contributed by atoms with E-state index in [0.717, 1.165) is 22.8 Å². The summed E-state index contributed by atoms with van der Waals surface area (Å²) in [6.07, 6.45) is 0. The summed E-state index contributed by atoms with van der Waals surface area (Å²) in [7, 11) is 0. The number of aryl methyl sites for hydroxylation is 2. The highest BCUT2D eigenvalue weighted by atomic mass is 35.5. The number of halogens is 1. The third-order valence-corrected chi connectivity index (χ3v) is 3.22. The lowest BCUT2D eigenvalue weighted by molar-refractivity contribution is -0.117. The van der Waals surface area contributed by atoms with E-state index in [1.807, 2.05) is 25.3 Å². The zero-order chi connectivity index (χ0) is 13.3. The zero-order valence-electron chi connectivity index (χ0n) is 10.9. The van der Waals surface area contributed by atoms with Gasteiger partial charge >= 0.3 is 0 Å². The van der Waals surface area contributed by atoms with E-state index >= 15 is 0 Å². The minimum absolute atomic E-state index is 0. The van der Waals surface area contributed by atoms with E-state index in [1.165, 1.54) is 11.3 Å². The maximum atomic E-state index is 11.4. The number of nitrogens with two attached hydrogens (primary N) is 1. The Bertz CT molecular complexity index is 577. The predicted octanol–water partition coefficient (Wildman–Crippen LogP) is 2.73. The molecule has 0 bridgehead atoms. The van der Waals surface area contributed by atoms with Gasteiger partial charge in [-0.05, 0) is 26.8 Å². The lowest BCUT2D eigenvalue weighted by atomic mass is 10.2. The molecule has 104 valence electrons. The van der Waals surface area contributed by atoms with Crippen molar-refractivity contribution in [2.45, 2.75) is 26.8 Å². The zero-order valence-corrected chi connectivity index (χ0v) is 12.5. The first-order chi connectivity index (χ1) is 8.47. The molecule has 19 heavy (non-hydrogen) atoms. The van der Waals surface area contributed by atoms with Crippen molar-refractivity contribution >= 4 is 34.8 Å². The first kappa shape index (κ1) is 15.7. The lowest BCUT2D eigenvalue weighted by Crippen LogP contribution is -2.32. The van der Waals surface area contributed by atoms with Crippen LogP contribution >= 0.6 is 23.7 Å². The van der Waals surface area contributed by atoms with Crippen molar-refractivity contribution in [3.63, 3.8) is 0 Å². The summed E-state index contributed by atoms with van der Waals surface area (Å²) < 4.78 is 5.45. The third kappa shape index (κ3) is 3.56. The number of nitrogens with one attached hydrogen (secondary N) is 1. The van der Waals surface area contributed by atoms with Crippen LogP contribution in [0.25, 0.3) is 11.3 Å². The summed E-state index contributed by atoms with van der Waals surface area (Å²) in [5, 5.41) is 5.10. The average molecular weight is 302 g/mol. The van der Waals surface area contributed by atoms with Gasteiger partial charge in [0.05, 0.1) is 11.7 Å². The van der Waals surface area contributed by atoms with E-state index in [0.29, 0.717) is 5.13 Å². The molecule has 0 fully saturated rings. The van der Waals surface area contributed by atoms with Crippen molar-refractivity contribution in [2.24, 2.45) is 5.73 Å². The highest BCUT2D eigenvalue weighted by Gasteiger charge is 2.13. The number of thiazole rings is 1. The van der Waals surface area contributed by atoms with Crippen LogP contribution < -0.4 is 11.1 Å². The molecule has 1 amide bonds. The fourth-order valence-electron chi connectivity index (χ4n) is 1.56. The van der Waals surface area contributed by atoms with Gasteiger partial charge in [-0.3, -0.25) is 4.79 Å². The standard InChI is InChI=1S/C12H15N3O2S.ClH/c1-6-4-9(8(3)17-6)10-5-18-12(14-10)15-11(16)7(2)13;/h4-5,7H,13H2,1-3H3,(H,14,15,16);1H/t7-;/m0./s1. The smallest absolute Gasteiger partial charge is 0.242 e. The molecule has 0 aliphatic heterocycles. The second-order valence-corrected chi connectivity index (χ2v) is 5.00. The molecule has 5 nitrogen and oxygen atoms in total. The van der Waals surface area contributed by atoms with Crippen LogP contribution in [0.2, 0.25) is 0 Å². The molecule has 0 saturated carbocycles. The minimum atomic E-state index is -0.546. The molecule has 7 heteroatoms. The van der Waals surface area contributed by atoms with Gasteiger partial charge in [-0.15, -0.1) is 23.7 Å². The predicted molar refractivity (Wildman–Crippen MR) is 78.8 cm³/mol. The molecule has 0 aromatic carbocycles. The Hall–Kier alpha value is -1.37. The largest absolute Gasteiger partial charge is 0.466 e. The first-order valence-corrected chi connectivity index (χ1v) is 6.44. The molecule has 0 saturated heterocycles. The maximum absolute atomic E-state index is 11.4. The van der Waals surface area contributed by atoms with Gasteiger partial charge in [-0.1, -0.05) is 0 Å². The number of rotatable bonds is 3. The Labute approximate surface area is 121 Å². The molecule has 2 aromatic heterocycles. The lowest BCUT2D eigenvalue weighted by Gasteiger charge is -2.03. The molecule has 2 rings (SSSR count). The van der Waals surface area contributed by atoms with Crippen LogP contribution in [0, 0.1) is 13.8 Å². The second-order valence-electron chi connectivity index (χ2n) is 4.14. The fraction of sp³-hybridized carbons (Fsp3) is 0.333. The third-order valence-electron chi connectivity index (χ3n) is 2.46. The van der Waals surface area contributed by atoms with E-state index in [2.05, 4.69) is 10.3 Å². The van der Waals surface area contributed by atoms with Crippen LogP contribution in [0.15, 0.2) is 15.9 Å². The number of carbonyl (C=O) groups excluding carboxylic acids is 1. The molecular weight excluding hydrogens is 286 g/mol. The Kier molecular flexibility index (Phi) is 5.11. The number of anilines is 1. The average Bonchev–Trinajstić information content (AvgIpc) is 2.85. The molecule has 0 radical (unpaired) electrons. The number of nitrogens with zero attached hydrogens (tertiary/aromatic N) is 1. The molecule has 2 aromatic rings. The molecule has 1 atom stereocenters. The van der Waals surface area contributed by atoms with Crippen LogP contribution in [0.4, 0.5) is 5.13 Å². The molecule has 0 aliphatic carbocycles. The second kappa shape index (κ2) is 6.18. The highest BCUT2D eigenvalue weighted by Crippen LogP contribution is 2.29. The number of carbonyl (C=O) groups is 1. The van der Waals surface area contributed by atoms with E-state index in [9.17, 15) is 4.79 Å². The Balaban J connectivity index is 0.00000180. The molecule has 0 aliphatic rings. The van der Waals surface area contributed by atoms with Gasteiger partial charge in [0.15, 0.2) is 5.13 Å². The summed E-state index contributed by atoms with van der Waals surface area (Å²) in [5.74, 6) is 1.43. The summed E-state index contributed by atoms with van der Waals surface area (Å²) in [4.78, 5) is 15.8. The molecule has 0 unspecified atom stereocenters. The van der Waals surface area contributed by atoms with Crippen molar-refractivity contribution in [3.05, 3.63) is 23.0 Å². The maximum Gasteiger partial charge on any atom is 0.242 e. The normalized spacial score (nSPS) is 11.8. The van der Waals surface area contributed by atoms with Crippen molar-refractivity contribution in [2.75, 3.05) is 5.32 Å². The molecule has 0 spiro atoms. The number of aromatic nitrogens is 1. The summed E-state index contributed by atoms with van der Waals surface area (Å²) in [5.41, 5.74) is 7.23. The molecule has 2 heterocycles. The van der Waals surface area contributed by atoms with Gasteiger partial charge in [0.1, 0.15) is 11.5 Å². The Morgan fingerprint density at radius 3 is 2.74 bits per heavy atom. The van der Waals surface area contributed by atoms with E-state index in [-0.39, 0.29) is 18.3 Å².